The van der Waals surface area contributed by atoms with Crippen LogP contribution in [0.3, 0.4) is 0 Å². The second-order valence-corrected chi connectivity index (χ2v) is 11.3. The van der Waals surface area contributed by atoms with Crippen molar-refractivity contribution in [3.63, 3.8) is 0 Å². The van der Waals surface area contributed by atoms with Crippen LogP contribution in [-0.2, 0) is 19.1 Å². The number of rotatable bonds is 21. The monoisotopic (exact) mass is 489 g/mol. The van der Waals surface area contributed by atoms with Crippen LogP contribution in [0.4, 0.5) is 0 Å². The highest BCUT2D eigenvalue weighted by molar-refractivity contribution is 7.65. The number of esters is 2. The number of hydrogen-bond donors (Lipinski definition) is 0. The second-order valence-electron chi connectivity index (χ2n) is 8.80. The van der Waals surface area contributed by atoms with Crippen molar-refractivity contribution < 1.29 is 19.1 Å². The summed E-state index contributed by atoms with van der Waals surface area (Å²) in [6.45, 7) is 5.48. The largest absolute Gasteiger partial charge is 0.466 e. The highest BCUT2D eigenvalue weighted by atomic mass is 31.1. The summed E-state index contributed by atoms with van der Waals surface area (Å²) in [6, 6.07) is 10.3. The van der Waals surface area contributed by atoms with Gasteiger partial charge in [0.1, 0.15) is 0 Å². The Morgan fingerprint density at radius 2 is 1.06 bits per heavy atom. The van der Waals surface area contributed by atoms with E-state index in [-0.39, 0.29) is 20.4 Å². The van der Waals surface area contributed by atoms with E-state index in [0.717, 1.165) is 38.0 Å². The van der Waals surface area contributed by atoms with Crippen LogP contribution in [0.25, 0.3) is 0 Å². The van der Waals surface area contributed by atoms with Crippen LogP contribution in [0.1, 0.15) is 104 Å². The first-order valence-electron chi connectivity index (χ1n) is 13.3. The maximum Gasteiger partial charge on any atom is 0.306 e. The number of benzene rings is 1. The quantitative estimate of drug-likeness (QED) is 0.0808. The fourth-order valence-corrected chi connectivity index (χ4v) is 5.98. The van der Waals surface area contributed by atoms with Crippen LogP contribution < -0.4 is 5.30 Å². The Hall–Kier alpha value is -1.35. The molecule has 0 bridgehead atoms. The normalized spacial score (nSPS) is 10.7. The minimum absolute atomic E-state index is 0. The molecule has 0 atom stereocenters. The van der Waals surface area contributed by atoms with Crippen LogP contribution in [0.5, 0.6) is 0 Å². The van der Waals surface area contributed by atoms with Gasteiger partial charge < -0.3 is 9.47 Å². The lowest BCUT2D eigenvalue weighted by Crippen LogP contribution is -2.14. The zero-order valence-corrected chi connectivity index (χ0v) is 22.7. The molecule has 0 aliphatic heterocycles. The summed E-state index contributed by atoms with van der Waals surface area (Å²) >= 11 is 0. The van der Waals surface area contributed by atoms with Gasteiger partial charge >= 0.3 is 11.9 Å². The molecule has 0 aliphatic rings. The van der Waals surface area contributed by atoms with E-state index in [0.29, 0.717) is 26.1 Å². The van der Waals surface area contributed by atoms with E-state index in [9.17, 15) is 9.59 Å². The third kappa shape index (κ3) is 18.0. The molecule has 6 heteroatoms. The fourth-order valence-electron chi connectivity index (χ4n) is 3.74. The molecule has 4 nitrogen and oxygen atoms in total. The van der Waals surface area contributed by atoms with E-state index < -0.39 is 7.92 Å². The van der Waals surface area contributed by atoms with Gasteiger partial charge in [0.2, 0.25) is 0 Å². The molecular weight excluding hydrogens is 442 g/mol. The summed E-state index contributed by atoms with van der Waals surface area (Å²) in [4.78, 5) is 24.4. The van der Waals surface area contributed by atoms with Gasteiger partial charge in [-0.2, -0.15) is 0 Å². The predicted octanol–water partition coefficient (Wildman–Crippen LogP) is 7.00. The summed E-state index contributed by atoms with van der Waals surface area (Å²) < 4.78 is 10.9. The molecule has 1 aromatic rings. The lowest BCUT2D eigenvalue weighted by Gasteiger charge is -2.17. The third-order valence-corrected chi connectivity index (χ3v) is 8.37. The van der Waals surface area contributed by atoms with Crippen molar-refractivity contribution in [2.75, 3.05) is 25.5 Å². The van der Waals surface area contributed by atoms with E-state index in [1.807, 2.05) is 18.2 Å². The topological polar surface area (TPSA) is 52.6 Å². The number of carbonyl (C=O) groups excluding carboxylic acids is 2. The molecule has 0 aromatic heterocycles. The van der Waals surface area contributed by atoms with Crippen LogP contribution in [0.15, 0.2) is 30.3 Å². The third-order valence-electron chi connectivity index (χ3n) is 5.81. The molecule has 1 aromatic carbocycles. The van der Waals surface area contributed by atoms with Crippen LogP contribution in [-0.4, -0.2) is 45.9 Å². The minimum Gasteiger partial charge on any atom is -0.466 e. The molecule has 0 saturated heterocycles. The first-order chi connectivity index (χ1) is 16.2. The van der Waals surface area contributed by atoms with Gasteiger partial charge in [-0.25, -0.2) is 0 Å². The average Bonchev–Trinajstić information content (AvgIpc) is 2.83. The smallest absolute Gasteiger partial charge is 0.306 e. The summed E-state index contributed by atoms with van der Waals surface area (Å²) in [5.41, 5.74) is 0. The maximum atomic E-state index is 12.2. The molecule has 0 heterocycles. The summed E-state index contributed by atoms with van der Waals surface area (Å²) in [6.07, 6.45) is 16.6. The molecule has 0 saturated carbocycles. The summed E-state index contributed by atoms with van der Waals surface area (Å²) in [5.74, 6) is -0.227. The summed E-state index contributed by atoms with van der Waals surface area (Å²) in [7, 11) is -0.580. The van der Waals surface area contributed by atoms with Gasteiger partial charge in [-0.15, -0.1) is 0 Å². The summed E-state index contributed by atoms with van der Waals surface area (Å²) in [5, 5.41) is 1.24. The lowest BCUT2D eigenvalue weighted by molar-refractivity contribution is -0.144. The minimum atomic E-state index is -0.580. The number of carbonyl (C=O) groups is 2. The van der Waals surface area contributed by atoms with Crippen LogP contribution in [0, 0.1) is 0 Å². The number of hydrogen-bond acceptors (Lipinski definition) is 4. The number of ether oxygens (including phenoxy) is 2. The molecule has 191 valence electrons. The predicted molar refractivity (Wildman–Crippen MR) is 146 cm³/mol. The van der Waals surface area contributed by atoms with Crippen molar-refractivity contribution in [3.05, 3.63) is 30.3 Å². The van der Waals surface area contributed by atoms with E-state index in [2.05, 4.69) is 26.0 Å². The fraction of sp³-hybridized carbons (Fsp3) is 0.714. The number of unbranched alkanes of at least 4 members (excludes halogenated alkanes) is 10. The van der Waals surface area contributed by atoms with Crippen molar-refractivity contribution in [1.82, 2.24) is 0 Å². The second kappa shape index (κ2) is 23.4. The maximum absolute atomic E-state index is 12.2. The molecular formula is C28H47BO4P. The van der Waals surface area contributed by atoms with Gasteiger partial charge in [0, 0.05) is 21.3 Å². The molecule has 34 heavy (non-hydrogen) atoms. The van der Waals surface area contributed by atoms with E-state index in [1.54, 1.807) is 0 Å². The zero-order valence-electron chi connectivity index (χ0n) is 21.8. The van der Waals surface area contributed by atoms with Gasteiger partial charge in [0.15, 0.2) is 0 Å². The van der Waals surface area contributed by atoms with E-state index in [4.69, 9.17) is 9.47 Å². The van der Waals surface area contributed by atoms with E-state index >= 15 is 0 Å². The zero-order chi connectivity index (χ0) is 24.0. The van der Waals surface area contributed by atoms with Crippen molar-refractivity contribution in [3.8, 4) is 0 Å². The Kier molecular flexibility index (Phi) is 22.5. The molecule has 0 amide bonds. The average molecular weight is 489 g/mol. The van der Waals surface area contributed by atoms with Crippen molar-refractivity contribution in [1.29, 1.82) is 0 Å². The van der Waals surface area contributed by atoms with Crippen LogP contribution in [0.2, 0.25) is 0 Å². The molecule has 3 radical (unpaired) electrons. The SMILES string of the molecule is CCCCCCCCOC(=O)CCP(CCC(=O)OCCCCCCCC)c1ccccc1.[B]. The molecule has 0 N–H and O–H groups in total. The first kappa shape index (κ1) is 32.7. The molecule has 0 fully saturated rings. The Morgan fingerprint density at radius 1 is 0.647 bits per heavy atom. The Bertz CT molecular complexity index is 578. The Labute approximate surface area is 212 Å². The van der Waals surface area contributed by atoms with Gasteiger partial charge in [-0.1, -0.05) is 116 Å². The van der Waals surface area contributed by atoms with Gasteiger partial charge in [0.25, 0.3) is 0 Å². The molecule has 0 aliphatic carbocycles. The van der Waals surface area contributed by atoms with Crippen molar-refractivity contribution in [2.45, 2.75) is 104 Å². The van der Waals surface area contributed by atoms with Crippen molar-refractivity contribution in [2.24, 2.45) is 0 Å². The molecule has 0 unspecified atom stereocenters. The van der Waals surface area contributed by atoms with Gasteiger partial charge in [-0.3, -0.25) is 9.59 Å². The lowest BCUT2D eigenvalue weighted by atomic mass is 10.1. The molecule has 0 spiro atoms. The molecule has 1 rings (SSSR count). The van der Waals surface area contributed by atoms with Crippen molar-refractivity contribution >= 4 is 33.6 Å². The standard InChI is InChI=1S/C28H47O4P.B/c1-3-5-7-9-11-16-22-31-27(29)20-24-33(26-18-14-13-15-19-26)25-21-28(30)32-23-17-12-10-8-6-4-2;/h13-15,18-19H,3-12,16-17,20-25H2,1-2H3;. The van der Waals surface area contributed by atoms with Crippen LogP contribution >= 0.6 is 7.92 Å². The Balaban J connectivity index is 0.0000109. The van der Waals surface area contributed by atoms with E-state index in [1.165, 1.54) is 56.7 Å². The van der Waals surface area contributed by atoms with Gasteiger partial charge in [0.05, 0.1) is 13.2 Å². The first-order valence-corrected chi connectivity index (χ1v) is 15.0. The highest BCUT2D eigenvalue weighted by Crippen LogP contribution is 2.36. The van der Waals surface area contributed by atoms with Gasteiger partial charge in [-0.05, 0) is 30.5 Å². The highest BCUT2D eigenvalue weighted by Gasteiger charge is 2.16. The Morgan fingerprint density at radius 3 is 1.50 bits per heavy atom.